The van der Waals surface area contributed by atoms with E-state index in [0.717, 1.165) is 23.7 Å². The van der Waals surface area contributed by atoms with Crippen molar-refractivity contribution >= 4 is 17.5 Å². The lowest BCUT2D eigenvalue weighted by Crippen LogP contribution is -2.33. The quantitative estimate of drug-likeness (QED) is 0.544. The van der Waals surface area contributed by atoms with Crippen molar-refractivity contribution < 1.29 is 9.53 Å². The zero-order valence-corrected chi connectivity index (χ0v) is 17.2. The molecular formula is C23H24ClN3O2. The van der Waals surface area contributed by atoms with Crippen molar-refractivity contribution in [3.05, 3.63) is 82.9 Å². The normalized spacial score (nSPS) is 13.3. The summed E-state index contributed by atoms with van der Waals surface area (Å²) >= 11 is 5.98. The summed E-state index contributed by atoms with van der Waals surface area (Å²) in [4.78, 5) is 19.6. The highest BCUT2D eigenvalue weighted by Gasteiger charge is 2.28. The summed E-state index contributed by atoms with van der Waals surface area (Å²) in [5.41, 5.74) is 1.81. The fourth-order valence-corrected chi connectivity index (χ4v) is 3.47. The number of carbonyl (C=O) groups excluding carboxylic acids is 1. The van der Waals surface area contributed by atoms with E-state index in [4.69, 9.17) is 16.3 Å². The molecule has 0 unspecified atom stereocenters. The molecule has 1 saturated carbocycles. The van der Waals surface area contributed by atoms with Gasteiger partial charge >= 0.3 is 0 Å². The van der Waals surface area contributed by atoms with E-state index < -0.39 is 0 Å². The van der Waals surface area contributed by atoms with E-state index in [1.54, 1.807) is 37.6 Å². The fraction of sp³-hybridized carbons (Fsp3) is 0.304. The SMILES string of the molecule is COc1ccc(Cn2ccnc2CN(CC2CC2)C(=O)c2ccc(Cl)cc2)cc1. The van der Waals surface area contributed by atoms with E-state index in [1.807, 2.05) is 35.4 Å². The summed E-state index contributed by atoms with van der Waals surface area (Å²) in [7, 11) is 1.66. The molecule has 0 saturated heterocycles. The molecule has 1 aliphatic carbocycles. The number of amides is 1. The molecule has 0 aliphatic heterocycles. The van der Waals surface area contributed by atoms with Gasteiger partial charge in [-0.05, 0) is 60.7 Å². The number of benzene rings is 2. The highest BCUT2D eigenvalue weighted by Crippen LogP contribution is 2.30. The van der Waals surface area contributed by atoms with Crippen molar-refractivity contribution in [2.75, 3.05) is 13.7 Å². The van der Waals surface area contributed by atoms with Crippen LogP contribution in [0.25, 0.3) is 0 Å². The van der Waals surface area contributed by atoms with E-state index in [9.17, 15) is 4.79 Å². The second-order valence-electron chi connectivity index (χ2n) is 7.46. The third kappa shape index (κ3) is 4.98. The first-order valence-electron chi connectivity index (χ1n) is 9.80. The summed E-state index contributed by atoms with van der Waals surface area (Å²) in [6.45, 7) is 1.95. The highest BCUT2D eigenvalue weighted by molar-refractivity contribution is 6.30. The monoisotopic (exact) mass is 409 g/mol. The lowest BCUT2D eigenvalue weighted by atomic mass is 10.2. The van der Waals surface area contributed by atoms with Crippen LogP contribution in [0.5, 0.6) is 5.75 Å². The third-order valence-corrected chi connectivity index (χ3v) is 5.45. The molecule has 1 amide bonds. The van der Waals surface area contributed by atoms with Crippen molar-refractivity contribution in [3.8, 4) is 5.75 Å². The largest absolute Gasteiger partial charge is 0.497 e. The number of imidazole rings is 1. The lowest BCUT2D eigenvalue weighted by molar-refractivity contribution is 0.0729. The molecule has 1 aromatic heterocycles. The molecule has 29 heavy (non-hydrogen) atoms. The van der Waals surface area contributed by atoms with Crippen molar-refractivity contribution in [3.63, 3.8) is 0 Å². The summed E-state index contributed by atoms with van der Waals surface area (Å²) in [5.74, 6) is 2.33. The predicted molar refractivity (Wildman–Crippen MR) is 113 cm³/mol. The van der Waals surface area contributed by atoms with Gasteiger partial charge < -0.3 is 14.2 Å². The Morgan fingerprint density at radius 2 is 1.90 bits per heavy atom. The number of halogens is 1. The first kappa shape index (κ1) is 19.5. The van der Waals surface area contributed by atoms with Crippen LogP contribution in [0, 0.1) is 5.92 Å². The van der Waals surface area contributed by atoms with Crippen LogP contribution in [0.3, 0.4) is 0 Å². The van der Waals surface area contributed by atoms with Gasteiger partial charge in [0.2, 0.25) is 0 Å². The minimum atomic E-state index is 0.0209. The zero-order valence-electron chi connectivity index (χ0n) is 16.4. The van der Waals surface area contributed by atoms with Crippen LogP contribution >= 0.6 is 11.6 Å². The maximum Gasteiger partial charge on any atom is 0.254 e. The van der Waals surface area contributed by atoms with Crippen molar-refractivity contribution in [1.29, 1.82) is 0 Å². The van der Waals surface area contributed by atoms with Gasteiger partial charge in [0, 0.05) is 36.1 Å². The van der Waals surface area contributed by atoms with E-state index in [1.165, 1.54) is 12.8 Å². The van der Waals surface area contributed by atoms with Gasteiger partial charge in [-0.15, -0.1) is 0 Å². The van der Waals surface area contributed by atoms with Gasteiger partial charge in [0.05, 0.1) is 13.7 Å². The first-order chi connectivity index (χ1) is 14.1. The Morgan fingerprint density at radius 1 is 1.17 bits per heavy atom. The van der Waals surface area contributed by atoms with Gasteiger partial charge in [0.15, 0.2) is 0 Å². The number of rotatable bonds is 8. The Balaban J connectivity index is 1.51. The van der Waals surface area contributed by atoms with Crippen LogP contribution in [0.2, 0.25) is 5.02 Å². The fourth-order valence-electron chi connectivity index (χ4n) is 3.34. The average Bonchev–Trinajstić information content (AvgIpc) is 3.46. The molecule has 6 heteroatoms. The number of ether oxygens (including phenoxy) is 1. The molecule has 4 rings (SSSR count). The summed E-state index contributed by atoms with van der Waals surface area (Å²) in [5, 5.41) is 0.630. The van der Waals surface area contributed by atoms with Crippen LogP contribution < -0.4 is 4.74 Å². The first-order valence-corrected chi connectivity index (χ1v) is 10.2. The maximum absolute atomic E-state index is 13.1. The molecule has 0 atom stereocenters. The van der Waals surface area contributed by atoms with Crippen molar-refractivity contribution in [2.45, 2.75) is 25.9 Å². The maximum atomic E-state index is 13.1. The molecule has 5 nitrogen and oxygen atoms in total. The van der Waals surface area contributed by atoms with Gasteiger partial charge in [-0.2, -0.15) is 0 Å². The number of carbonyl (C=O) groups is 1. The molecule has 0 radical (unpaired) electrons. The van der Waals surface area contributed by atoms with Gasteiger partial charge in [0.25, 0.3) is 5.91 Å². The molecule has 1 aliphatic rings. The molecule has 3 aromatic rings. The summed E-state index contributed by atoms with van der Waals surface area (Å²) in [6, 6.07) is 15.1. The minimum absolute atomic E-state index is 0.0209. The third-order valence-electron chi connectivity index (χ3n) is 5.20. The van der Waals surface area contributed by atoms with Crippen molar-refractivity contribution in [1.82, 2.24) is 14.5 Å². The van der Waals surface area contributed by atoms with Crippen molar-refractivity contribution in [2.24, 2.45) is 5.92 Å². The highest BCUT2D eigenvalue weighted by atomic mass is 35.5. The Bertz CT molecular complexity index is 963. The lowest BCUT2D eigenvalue weighted by Gasteiger charge is -2.23. The number of aromatic nitrogens is 2. The van der Waals surface area contributed by atoms with Crippen LogP contribution in [0.4, 0.5) is 0 Å². The summed E-state index contributed by atoms with van der Waals surface area (Å²) < 4.78 is 7.32. The number of hydrogen-bond donors (Lipinski definition) is 0. The van der Waals surface area contributed by atoms with Gasteiger partial charge in [-0.3, -0.25) is 4.79 Å². The predicted octanol–water partition coefficient (Wildman–Crippen LogP) is 4.65. The molecule has 0 spiro atoms. The Labute approximate surface area is 175 Å². The van der Waals surface area contributed by atoms with Crippen LogP contribution in [0.15, 0.2) is 60.9 Å². The summed E-state index contributed by atoms with van der Waals surface area (Å²) in [6.07, 6.45) is 6.12. The topological polar surface area (TPSA) is 47.4 Å². The van der Waals surface area contributed by atoms with Crippen LogP contribution in [-0.2, 0) is 13.1 Å². The van der Waals surface area contributed by atoms with E-state index >= 15 is 0 Å². The van der Waals surface area contributed by atoms with Gasteiger partial charge in [-0.25, -0.2) is 4.98 Å². The second-order valence-corrected chi connectivity index (χ2v) is 7.89. The standard InChI is InChI=1S/C23H24ClN3O2/c1-29-21-10-4-18(5-11-21)14-26-13-12-25-22(26)16-27(15-17-2-3-17)23(28)19-6-8-20(24)9-7-19/h4-13,17H,2-3,14-16H2,1H3. The molecule has 1 fully saturated rings. The molecule has 0 bridgehead atoms. The number of nitrogens with zero attached hydrogens (tertiary/aromatic N) is 3. The molecule has 0 N–H and O–H groups in total. The number of methoxy groups -OCH3 is 1. The minimum Gasteiger partial charge on any atom is -0.497 e. The molecule has 2 aromatic carbocycles. The number of hydrogen-bond acceptors (Lipinski definition) is 3. The Kier molecular flexibility index (Phi) is 5.86. The van der Waals surface area contributed by atoms with Crippen LogP contribution in [-0.4, -0.2) is 34.0 Å². The van der Waals surface area contributed by atoms with Gasteiger partial charge in [-0.1, -0.05) is 23.7 Å². The molecular weight excluding hydrogens is 386 g/mol. The zero-order chi connectivity index (χ0) is 20.2. The van der Waals surface area contributed by atoms with Gasteiger partial charge in [0.1, 0.15) is 11.6 Å². The van der Waals surface area contributed by atoms with Crippen LogP contribution in [0.1, 0.15) is 34.6 Å². The Hall–Kier alpha value is -2.79. The second kappa shape index (κ2) is 8.70. The average molecular weight is 410 g/mol. The smallest absolute Gasteiger partial charge is 0.254 e. The Morgan fingerprint density at radius 3 is 2.55 bits per heavy atom. The van der Waals surface area contributed by atoms with E-state index in [0.29, 0.717) is 29.6 Å². The van der Waals surface area contributed by atoms with E-state index in [-0.39, 0.29) is 5.91 Å². The van der Waals surface area contributed by atoms with E-state index in [2.05, 4.69) is 9.55 Å². The molecule has 150 valence electrons. The molecule has 1 heterocycles.